The van der Waals surface area contributed by atoms with Crippen LogP contribution >= 0.6 is 0 Å². The normalized spacial score (nSPS) is 26.9. The van der Waals surface area contributed by atoms with Crippen LogP contribution in [0.3, 0.4) is 0 Å². The van der Waals surface area contributed by atoms with Gasteiger partial charge in [-0.05, 0) is 33.6 Å². The van der Waals surface area contributed by atoms with Gasteiger partial charge in [0.2, 0.25) is 6.29 Å². The summed E-state index contributed by atoms with van der Waals surface area (Å²) in [6.45, 7) is 7.24. The number of ether oxygens (including phenoxy) is 8. The Hall–Kier alpha value is -3.99. The number of hydrogen-bond donors (Lipinski definition) is 0. The SMILES string of the molecule is CCOC(=O)N1[C@@H](O[C@@H]2O[C@H](CC(C)=O)[C@@H](OC(C)=O)[C@H](OC(C)=O)[C@H]2OC(C)=O)CC[C@@H](C(=O)OC)N1C(=O)OCC. The zero-order valence-electron chi connectivity index (χ0n) is 25.1. The van der Waals surface area contributed by atoms with Crippen molar-refractivity contribution >= 4 is 41.8 Å². The largest absolute Gasteiger partial charge is 0.467 e. The predicted molar refractivity (Wildman–Crippen MR) is 138 cm³/mol. The van der Waals surface area contributed by atoms with E-state index in [4.69, 9.17) is 37.9 Å². The average Bonchev–Trinajstić information content (AvgIpc) is 2.91. The third-order valence-electron chi connectivity index (χ3n) is 6.15. The van der Waals surface area contributed by atoms with Gasteiger partial charge in [-0.15, -0.1) is 0 Å². The fourth-order valence-corrected chi connectivity index (χ4v) is 4.68. The van der Waals surface area contributed by atoms with Crippen molar-refractivity contribution in [2.75, 3.05) is 20.3 Å². The summed E-state index contributed by atoms with van der Waals surface area (Å²) >= 11 is 0. The lowest BCUT2D eigenvalue weighted by Gasteiger charge is -2.48. The molecule has 0 aromatic rings. The van der Waals surface area contributed by atoms with E-state index in [2.05, 4.69) is 0 Å². The quantitative estimate of drug-likeness (QED) is 0.248. The van der Waals surface area contributed by atoms with Gasteiger partial charge in [0.05, 0.1) is 20.3 Å². The number of esters is 4. The van der Waals surface area contributed by atoms with E-state index in [1.54, 1.807) is 0 Å². The molecule has 0 spiro atoms. The molecular formula is C26H38N2O15. The van der Waals surface area contributed by atoms with Gasteiger partial charge in [0.1, 0.15) is 11.9 Å². The van der Waals surface area contributed by atoms with Crippen molar-refractivity contribution in [3.63, 3.8) is 0 Å². The monoisotopic (exact) mass is 618 g/mol. The molecule has 2 aliphatic heterocycles. The predicted octanol–water partition coefficient (Wildman–Crippen LogP) is 0.996. The molecule has 242 valence electrons. The summed E-state index contributed by atoms with van der Waals surface area (Å²) in [5.41, 5.74) is 0. The smallest absolute Gasteiger partial charge is 0.431 e. The second-order valence-corrected chi connectivity index (χ2v) is 9.47. The van der Waals surface area contributed by atoms with Gasteiger partial charge in [0, 0.05) is 27.2 Å². The van der Waals surface area contributed by atoms with Gasteiger partial charge in [-0.1, -0.05) is 0 Å². The van der Waals surface area contributed by atoms with Crippen LogP contribution in [0.2, 0.25) is 0 Å². The highest BCUT2D eigenvalue weighted by atomic mass is 16.7. The number of rotatable bonds is 10. The number of methoxy groups -OCH3 is 1. The second-order valence-electron chi connectivity index (χ2n) is 9.47. The topological polar surface area (TPSA) is 200 Å². The second kappa shape index (κ2) is 16.0. The van der Waals surface area contributed by atoms with Gasteiger partial charge in [-0.25, -0.2) is 14.4 Å². The first-order valence-corrected chi connectivity index (χ1v) is 13.6. The van der Waals surface area contributed by atoms with Crippen LogP contribution in [0.4, 0.5) is 9.59 Å². The van der Waals surface area contributed by atoms with E-state index >= 15 is 0 Å². The van der Waals surface area contributed by atoms with Gasteiger partial charge >= 0.3 is 36.1 Å². The third-order valence-corrected chi connectivity index (χ3v) is 6.15. The molecule has 2 rings (SSSR count). The lowest BCUT2D eigenvalue weighted by atomic mass is 9.94. The molecule has 2 aliphatic rings. The molecule has 0 aromatic carbocycles. The standard InChI is InChI=1S/C26H38N2O15/c1-8-37-25(34)27-17(23(33)36-7)10-11-19(28(27)26(35)38-9-2)43-24-22(41-16(6)32)21(40-15(5)31)20(39-14(4)30)18(42-24)12-13(3)29/h17-22,24H,8-12H2,1-7H3/t17-,18+,19-,20+,21-,22+,24-/m0/s1. The van der Waals surface area contributed by atoms with Crippen molar-refractivity contribution < 1.29 is 71.5 Å². The fourth-order valence-electron chi connectivity index (χ4n) is 4.68. The molecular weight excluding hydrogens is 580 g/mol. The van der Waals surface area contributed by atoms with Crippen molar-refractivity contribution in [1.82, 2.24) is 10.0 Å². The van der Waals surface area contributed by atoms with Crippen LogP contribution in [-0.4, -0.2) is 115 Å². The Balaban J connectivity index is 2.63. The number of Topliss-reactive ketones (excluding diaryl/α,β-unsaturated/α-hetero) is 1. The van der Waals surface area contributed by atoms with E-state index in [1.165, 1.54) is 20.8 Å². The summed E-state index contributed by atoms with van der Waals surface area (Å²) in [5.74, 6) is -3.76. The first kappa shape index (κ1) is 35.2. The maximum Gasteiger partial charge on any atom is 0.431 e. The van der Waals surface area contributed by atoms with Gasteiger partial charge in [-0.3, -0.25) is 19.2 Å². The number of ketones is 1. The molecule has 2 fully saturated rings. The maximum absolute atomic E-state index is 13.2. The molecule has 17 nitrogen and oxygen atoms in total. The van der Waals surface area contributed by atoms with Crippen LogP contribution in [-0.2, 0) is 61.9 Å². The van der Waals surface area contributed by atoms with E-state index in [-0.39, 0.29) is 32.5 Å². The van der Waals surface area contributed by atoms with Gasteiger partial charge in [-0.2, -0.15) is 10.0 Å². The number of hydrazine groups is 1. The van der Waals surface area contributed by atoms with Gasteiger partial charge in [0.15, 0.2) is 30.6 Å². The number of nitrogens with zero attached hydrogens (tertiary/aromatic N) is 2. The highest BCUT2D eigenvalue weighted by Crippen LogP contribution is 2.35. The molecule has 0 bridgehead atoms. The minimum absolute atomic E-state index is 0.0860. The molecule has 7 atom stereocenters. The lowest BCUT2D eigenvalue weighted by molar-refractivity contribution is -0.333. The van der Waals surface area contributed by atoms with Crippen molar-refractivity contribution in [2.24, 2.45) is 0 Å². The Labute approximate surface area is 247 Å². The average molecular weight is 619 g/mol. The van der Waals surface area contributed by atoms with Crippen LogP contribution < -0.4 is 0 Å². The minimum atomic E-state index is -1.66. The molecule has 0 aromatic heterocycles. The molecule has 0 aliphatic carbocycles. The summed E-state index contributed by atoms with van der Waals surface area (Å²) in [6.07, 6.45) is -11.6. The molecule has 0 unspecified atom stereocenters. The van der Waals surface area contributed by atoms with E-state index in [0.717, 1.165) is 27.9 Å². The fraction of sp³-hybridized carbons (Fsp3) is 0.731. The van der Waals surface area contributed by atoms with Crippen LogP contribution in [0, 0.1) is 0 Å². The van der Waals surface area contributed by atoms with Gasteiger partial charge in [0.25, 0.3) is 0 Å². The summed E-state index contributed by atoms with van der Waals surface area (Å²) in [6, 6.07) is -1.31. The Morgan fingerprint density at radius 2 is 1.23 bits per heavy atom. The summed E-state index contributed by atoms with van der Waals surface area (Å²) in [4.78, 5) is 87.2. The molecule has 0 saturated carbocycles. The summed E-state index contributed by atoms with van der Waals surface area (Å²) in [5, 5.41) is 1.41. The zero-order chi connectivity index (χ0) is 32.4. The van der Waals surface area contributed by atoms with Crippen molar-refractivity contribution in [3.05, 3.63) is 0 Å². The lowest BCUT2D eigenvalue weighted by Crippen LogP contribution is -2.67. The first-order chi connectivity index (χ1) is 20.2. The molecule has 0 radical (unpaired) electrons. The number of carbonyl (C=O) groups is 7. The maximum atomic E-state index is 13.2. The summed E-state index contributed by atoms with van der Waals surface area (Å²) < 4.78 is 43.2. The van der Waals surface area contributed by atoms with E-state index in [0.29, 0.717) is 10.0 Å². The minimum Gasteiger partial charge on any atom is -0.467 e. The molecule has 43 heavy (non-hydrogen) atoms. The number of amides is 2. The van der Waals surface area contributed by atoms with Crippen LogP contribution in [0.25, 0.3) is 0 Å². The van der Waals surface area contributed by atoms with Crippen LogP contribution in [0.1, 0.15) is 60.8 Å². The highest BCUT2D eigenvalue weighted by molar-refractivity contribution is 5.83. The Kier molecular flexibility index (Phi) is 13.1. The zero-order valence-corrected chi connectivity index (χ0v) is 25.1. The molecule has 2 amide bonds. The third kappa shape index (κ3) is 9.25. The molecule has 2 saturated heterocycles. The van der Waals surface area contributed by atoms with Crippen molar-refractivity contribution in [1.29, 1.82) is 0 Å². The van der Waals surface area contributed by atoms with Crippen molar-refractivity contribution in [3.8, 4) is 0 Å². The highest BCUT2D eigenvalue weighted by Gasteiger charge is 2.55. The summed E-state index contributed by atoms with van der Waals surface area (Å²) in [7, 11) is 1.10. The molecule has 2 heterocycles. The van der Waals surface area contributed by atoms with Crippen LogP contribution in [0.5, 0.6) is 0 Å². The molecule has 17 heteroatoms. The Morgan fingerprint density at radius 1 is 0.721 bits per heavy atom. The van der Waals surface area contributed by atoms with Crippen molar-refractivity contribution in [2.45, 2.75) is 104 Å². The Morgan fingerprint density at radius 3 is 1.72 bits per heavy atom. The van der Waals surface area contributed by atoms with Gasteiger partial charge < -0.3 is 37.9 Å². The van der Waals surface area contributed by atoms with E-state index in [9.17, 15) is 33.6 Å². The van der Waals surface area contributed by atoms with Crippen LogP contribution in [0.15, 0.2) is 0 Å². The first-order valence-electron chi connectivity index (χ1n) is 13.6. The van der Waals surface area contributed by atoms with E-state index < -0.39 is 84.8 Å². The van der Waals surface area contributed by atoms with E-state index in [1.807, 2.05) is 0 Å². The number of hydrogen-bond acceptors (Lipinski definition) is 15. The number of carbonyl (C=O) groups excluding carboxylic acids is 7. The molecule has 0 N–H and O–H groups in total. The Bertz CT molecular complexity index is 1070.